The zero-order valence-corrected chi connectivity index (χ0v) is 10.4. The fourth-order valence-corrected chi connectivity index (χ4v) is 1.26. The van der Waals surface area contributed by atoms with Crippen LogP contribution in [0.15, 0.2) is 6.07 Å². The molecule has 1 aromatic heterocycles. The van der Waals surface area contributed by atoms with Crippen LogP contribution in [0.4, 0.5) is 0 Å². The maximum atomic E-state index is 5.77. The van der Waals surface area contributed by atoms with E-state index in [2.05, 4.69) is 9.97 Å². The highest BCUT2D eigenvalue weighted by molar-refractivity contribution is 6.16. The Morgan fingerprint density at radius 3 is 2.40 bits per heavy atom. The van der Waals surface area contributed by atoms with E-state index in [1.807, 2.05) is 27.7 Å². The van der Waals surface area contributed by atoms with Gasteiger partial charge < -0.3 is 4.74 Å². The minimum atomic E-state index is 0.114. The van der Waals surface area contributed by atoms with Crippen molar-refractivity contribution in [1.29, 1.82) is 0 Å². The Hall–Kier alpha value is -0.830. The molecular formula is C11H17ClN2O. The topological polar surface area (TPSA) is 35.0 Å². The third-order valence-electron chi connectivity index (χ3n) is 1.78. The normalized spacial score (nSPS) is 11.1. The van der Waals surface area contributed by atoms with Gasteiger partial charge in [-0.25, -0.2) is 4.98 Å². The SMILES string of the molecule is CC(C)Oc1cc(CCl)nc(C(C)C)n1. The van der Waals surface area contributed by atoms with E-state index in [1.54, 1.807) is 6.07 Å². The lowest BCUT2D eigenvalue weighted by atomic mass is 10.2. The average molecular weight is 229 g/mol. The van der Waals surface area contributed by atoms with Crippen LogP contribution in [-0.2, 0) is 5.88 Å². The summed E-state index contributed by atoms with van der Waals surface area (Å²) in [5.41, 5.74) is 0.811. The molecule has 0 radical (unpaired) electrons. The number of alkyl halides is 1. The van der Waals surface area contributed by atoms with Crippen molar-refractivity contribution >= 4 is 11.6 Å². The van der Waals surface area contributed by atoms with Crippen molar-refractivity contribution in [2.24, 2.45) is 0 Å². The molecule has 1 heterocycles. The van der Waals surface area contributed by atoms with Crippen LogP contribution >= 0.6 is 11.6 Å². The molecule has 1 rings (SSSR count). The molecule has 1 aromatic rings. The molecule has 0 amide bonds. The monoisotopic (exact) mass is 228 g/mol. The van der Waals surface area contributed by atoms with Crippen LogP contribution in [0.1, 0.15) is 45.1 Å². The van der Waals surface area contributed by atoms with Gasteiger partial charge in [-0.2, -0.15) is 4.98 Å². The number of hydrogen-bond acceptors (Lipinski definition) is 3. The molecule has 84 valence electrons. The molecule has 0 aromatic carbocycles. The summed E-state index contributed by atoms with van der Waals surface area (Å²) in [6.45, 7) is 8.04. The van der Waals surface area contributed by atoms with Crippen LogP contribution in [0.5, 0.6) is 5.88 Å². The minimum Gasteiger partial charge on any atom is -0.475 e. The summed E-state index contributed by atoms with van der Waals surface area (Å²) in [5.74, 6) is 2.06. The summed E-state index contributed by atoms with van der Waals surface area (Å²) in [4.78, 5) is 8.66. The molecule has 0 fully saturated rings. The zero-order chi connectivity index (χ0) is 11.4. The van der Waals surface area contributed by atoms with Crippen molar-refractivity contribution in [2.45, 2.75) is 45.6 Å². The lowest BCUT2D eigenvalue weighted by Gasteiger charge is -2.12. The molecule has 0 saturated carbocycles. The summed E-state index contributed by atoms with van der Waals surface area (Å²) in [6, 6.07) is 1.79. The van der Waals surface area contributed by atoms with Crippen LogP contribution in [0.2, 0.25) is 0 Å². The minimum absolute atomic E-state index is 0.114. The van der Waals surface area contributed by atoms with E-state index in [4.69, 9.17) is 16.3 Å². The fourth-order valence-electron chi connectivity index (χ4n) is 1.12. The standard InChI is InChI=1S/C11H17ClN2O/c1-7(2)11-13-9(6-12)5-10(14-11)15-8(3)4/h5,7-8H,6H2,1-4H3. The summed E-state index contributed by atoms with van der Waals surface area (Å²) < 4.78 is 5.54. The number of nitrogens with zero attached hydrogens (tertiary/aromatic N) is 2. The molecule has 3 nitrogen and oxygen atoms in total. The molecule has 0 aliphatic heterocycles. The third-order valence-corrected chi connectivity index (χ3v) is 2.06. The van der Waals surface area contributed by atoms with E-state index in [0.29, 0.717) is 11.8 Å². The van der Waals surface area contributed by atoms with E-state index < -0.39 is 0 Å². The van der Waals surface area contributed by atoms with Gasteiger partial charge >= 0.3 is 0 Å². The van der Waals surface area contributed by atoms with Crippen LogP contribution in [-0.4, -0.2) is 16.1 Å². The van der Waals surface area contributed by atoms with Crippen LogP contribution in [0.25, 0.3) is 0 Å². The van der Waals surface area contributed by atoms with Gasteiger partial charge in [0.15, 0.2) is 0 Å². The Labute approximate surface area is 95.8 Å². The van der Waals surface area contributed by atoms with Gasteiger partial charge in [0.1, 0.15) is 5.82 Å². The summed E-state index contributed by atoms with van der Waals surface area (Å²) >= 11 is 5.77. The average Bonchev–Trinajstić information content (AvgIpc) is 2.16. The van der Waals surface area contributed by atoms with Gasteiger partial charge in [-0.05, 0) is 13.8 Å². The Morgan fingerprint density at radius 2 is 1.93 bits per heavy atom. The second kappa shape index (κ2) is 5.31. The molecule has 15 heavy (non-hydrogen) atoms. The number of rotatable bonds is 4. The Kier molecular flexibility index (Phi) is 4.33. The van der Waals surface area contributed by atoms with Gasteiger partial charge in [-0.3, -0.25) is 0 Å². The first-order chi connectivity index (χ1) is 7.02. The lowest BCUT2D eigenvalue weighted by Crippen LogP contribution is -2.10. The Balaban J connectivity index is 3.00. The molecule has 0 unspecified atom stereocenters. The van der Waals surface area contributed by atoms with Gasteiger partial charge in [0.05, 0.1) is 17.7 Å². The summed E-state index contributed by atoms with van der Waals surface area (Å²) in [7, 11) is 0. The fraction of sp³-hybridized carbons (Fsp3) is 0.636. The maximum absolute atomic E-state index is 5.77. The lowest BCUT2D eigenvalue weighted by molar-refractivity contribution is 0.231. The first-order valence-electron chi connectivity index (χ1n) is 5.13. The molecule has 0 spiro atoms. The Bertz CT molecular complexity index is 326. The third kappa shape index (κ3) is 3.67. The quantitative estimate of drug-likeness (QED) is 0.743. The predicted octanol–water partition coefficient (Wildman–Crippen LogP) is 3.13. The van der Waals surface area contributed by atoms with Crippen molar-refractivity contribution in [2.75, 3.05) is 0 Å². The molecule has 0 bridgehead atoms. The van der Waals surface area contributed by atoms with Crippen LogP contribution in [0, 0.1) is 0 Å². The molecular weight excluding hydrogens is 212 g/mol. The molecule has 0 saturated heterocycles. The number of halogens is 1. The maximum Gasteiger partial charge on any atom is 0.217 e. The smallest absolute Gasteiger partial charge is 0.217 e. The van der Waals surface area contributed by atoms with Gasteiger partial charge in [0.2, 0.25) is 5.88 Å². The number of hydrogen-bond donors (Lipinski definition) is 0. The largest absolute Gasteiger partial charge is 0.475 e. The molecule has 4 heteroatoms. The van der Waals surface area contributed by atoms with E-state index in [1.165, 1.54) is 0 Å². The van der Waals surface area contributed by atoms with Gasteiger partial charge in [-0.15, -0.1) is 11.6 Å². The zero-order valence-electron chi connectivity index (χ0n) is 9.62. The number of ether oxygens (including phenoxy) is 1. The van der Waals surface area contributed by atoms with Crippen LogP contribution < -0.4 is 4.74 Å². The van der Waals surface area contributed by atoms with E-state index in [9.17, 15) is 0 Å². The predicted molar refractivity (Wildman–Crippen MR) is 61.4 cm³/mol. The molecule has 0 aliphatic rings. The summed E-state index contributed by atoms with van der Waals surface area (Å²) in [6.07, 6.45) is 0.114. The molecule has 0 atom stereocenters. The van der Waals surface area contributed by atoms with Crippen molar-refractivity contribution in [3.63, 3.8) is 0 Å². The van der Waals surface area contributed by atoms with Crippen molar-refractivity contribution in [3.8, 4) is 5.88 Å². The van der Waals surface area contributed by atoms with E-state index >= 15 is 0 Å². The second-order valence-corrected chi connectivity index (χ2v) is 4.28. The van der Waals surface area contributed by atoms with Crippen molar-refractivity contribution in [3.05, 3.63) is 17.6 Å². The van der Waals surface area contributed by atoms with Crippen molar-refractivity contribution < 1.29 is 4.74 Å². The van der Waals surface area contributed by atoms with E-state index in [0.717, 1.165) is 11.5 Å². The second-order valence-electron chi connectivity index (χ2n) is 4.01. The highest BCUT2D eigenvalue weighted by Gasteiger charge is 2.09. The summed E-state index contributed by atoms with van der Waals surface area (Å²) in [5, 5.41) is 0. The Morgan fingerprint density at radius 1 is 1.27 bits per heavy atom. The van der Waals surface area contributed by atoms with Crippen molar-refractivity contribution in [1.82, 2.24) is 9.97 Å². The highest BCUT2D eigenvalue weighted by atomic mass is 35.5. The van der Waals surface area contributed by atoms with Gasteiger partial charge in [0, 0.05) is 12.0 Å². The number of aromatic nitrogens is 2. The molecule has 0 aliphatic carbocycles. The first-order valence-corrected chi connectivity index (χ1v) is 5.67. The van der Waals surface area contributed by atoms with Gasteiger partial charge in [0.25, 0.3) is 0 Å². The molecule has 0 N–H and O–H groups in total. The van der Waals surface area contributed by atoms with Gasteiger partial charge in [-0.1, -0.05) is 13.8 Å². The van der Waals surface area contributed by atoms with Crippen LogP contribution in [0.3, 0.4) is 0 Å². The van der Waals surface area contributed by atoms with E-state index in [-0.39, 0.29) is 12.0 Å². The first kappa shape index (κ1) is 12.2. The highest BCUT2D eigenvalue weighted by Crippen LogP contribution is 2.17.